The molecule has 1 heterocycles. The molecule has 1 aliphatic heterocycles. The van der Waals surface area contributed by atoms with E-state index in [1.54, 1.807) is 6.07 Å². The quantitative estimate of drug-likeness (QED) is 0.889. The van der Waals surface area contributed by atoms with E-state index in [1.807, 2.05) is 6.07 Å². The lowest BCUT2D eigenvalue weighted by molar-refractivity contribution is 0.199. The molecule has 2 N–H and O–H groups in total. The molecule has 4 heteroatoms. The fraction of sp³-hybridized carbons (Fsp3) is 0.571. The first kappa shape index (κ1) is 13.3. The molecule has 1 aromatic carbocycles. The molecule has 1 aliphatic rings. The van der Waals surface area contributed by atoms with Crippen molar-refractivity contribution in [2.24, 2.45) is 5.73 Å². The van der Waals surface area contributed by atoms with Gasteiger partial charge in [-0.1, -0.05) is 6.92 Å². The van der Waals surface area contributed by atoms with E-state index >= 15 is 0 Å². The average Bonchev–Trinajstić information content (AvgIpc) is 2.38. The number of hydrogen-bond acceptors (Lipinski definition) is 3. The van der Waals surface area contributed by atoms with Crippen LogP contribution in [0.1, 0.15) is 19.4 Å². The SMILES string of the molecule is CCN1CCN(c2ccc(F)cc2CN)CC1C. The summed E-state index contributed by atoms with van der Waals surface area (Å²) in [6.45, 7) is 8.91. The predicted molar refractivity (Wildman–Crippen MR) is 73.2 cm³/mol. The summed E-state index contributed by atoms with van der Waals surface area (Å²) in [6.07, 6.45) is 0. The fourth-order valence-electron chi connectivity index (χ4n) is 2.71. The molecule has 2 rings (SSSR count). The molecule has 1 aromatic rings. The molecular formula is C14H22FN3. The summed E-state index contributed by atoms with van der Waals surface area (Å²) >= 11 is 0. The summed E-state index contributed by atoms with van der Waals surface area (Å²) in [5, 5.41) is 0. The highest BCUT2D eigenvalue weighted by molar-refractivity contribution is 5.54. The van der Waals surface area contributed by atoms with Crippen LogP contribution >= 0.6 is 0 Å². The number of halogens is 1. The molecule has 1 fully saturated rings. The van der Waals surface area contributed by atoms with Gasteiger partial charge >= 0.3 is 0 Å². The number of rotatable bonds is 3. The normalized spacial score (nSPS) is 21.3. The van der Waals surface area contributed by atoms with Gasteiger partial charge in [-0.3, -0.25) is 4.90 Å². The van der Waals surface area contributed by atoms with Gasteiger partial charge in [-0.2, -0.15) is 0 Å². The molecule has 0 aliphatic carbocycles. The van der Waals surface area contributed by atoms with Crippen molar-refractivity contribution in [3.8, 4) is 0 Å². The second-order valence-corrected chi connectivity index (χ2v) is 4.90. The zero-order chi connectivity index (χ0) is 13.1. The smallest absolute Gasteiger partial charge is 0.123 e. The number of hydrogen-bond donors (Lipinski definition) is 1. The highest BCUT2D eigenvalue weighted by Crippen LogP contribution is 2.24. The van der Waals surface area contributed by atoms with E-state index in [1.165, 1.54) is 6.07 Å². The van der Waals surface area contributed by atoms with E-state index in [2.05, 4.69) is 23.6 Å². The molecule has 1 saturated heterocycles. The lowest BCUT2D eigenvalue weighted by atomic mass is 10.1. The number of likely N-dealkylation sites (N-methyl/N-ethyl adjacent to an activating group) is 1. The standard InChI is InChI=1S/C14H22FN3/c1-3-17-6-7-18(10-11(17)2)14-5-4-13(15)8-12(14)9-16/h4-5,8,11H,3,6-7,9-10,16H2,1-2H3. The van der Waals surface area contributed by atoms with Crippen molar-refractivity contribution in [2.45, 2.75) is 26.4 Å². The largest absolute Gasteiger partial charge is 0.368 e. The lowest BCUT2D eigenvalue weighted by Gasteiger charge is -2.41. The maximum absolute atomic E-state index is 13.2. The Labute approximate surface area is 108 Å². The van der Waals surface area contributed by atoms with Gasteiger partial charge < -0.3 is 10.6 Å². The van der Waals surface area contributed by atoms with Crippen LogP contribution in [0.2, 0.25) is 0 Å². The van der Waals surface area contributed by atoms with Crippen molar-refractivity contribution < 1.29 is 4.39 Å². The molecule has 3 nitrogen and oxygen atoms in total. The maximum atomic E-state index is 13.2. The van der Waals surface area contributed by atoms with E-state index in [9.17, 15) is 4.39 Å². The van der Waals surface area contributed by atoms with Gasteiger partial charge in [0.1, 0.15) is 5.82 Å². The molecule has 0 spiro atoms. The second-order valence-electron chi connectivity index (χ2n) is 4.90. The minimum atomic E-state index is -0.209. The van der Waals surface area contributed by atoms with Crippen LogP contribution in [0.3, 0.4) is 0 Å². The number of benzene rings is 1. The molecule has 1 atom stereocenters. The molecule has 18 heavy (non-hydrogen) atoms. The summed E-state index contributed by atoms with van der Waals surface area (Å²) in [5.41, 5.74) is 7.69. The van der Waals surface area contributed by atoms with Crippen LogP contribution in [-0.2, 0) is 6.54 Å². The van der Waals surface area contributed by atoms with Crippen LogP contribution in [0, 0.1) is 5.82 Å². The topological polar surface area (TPSA) is 32.5 Å². The summed E-state index contributed by atoms with van der Waals surface area (Å²) < 4.78 is 13.2. The highest BCUT2D eigenvalue weighted by Gasteiger charge is 2.23. The van der Waals surface area contributed by atoms with Crippen molar-refractivity contribution in [3.63, 3.8) is 0 Å². The third-order valence-corrected chi connectivity index (χ3v) is 3.77. The fourth-order valence-corrected chi connectivity index (χ4v) is 2.71. The predicted octanol–water partition coefficient (Wildman–Crippen LogP) is 1.81. The van der Waals surface area contributed by atoms with Crippen LogP contribution in [0.15, 0.2) is 18.2 Å². The van der Waals surface area contributed by atoms with Crippen molar-refractivity contribution in [1.29, 1.82) is 0 Å². The minimum Gasteiger partial charge on any atom is -0.368 e. The first-order valence-electron chi connectivity index (χ1n) is 6.63. The highest BCUT2D eigenvalue weighted by atomic mass is 19.1. The number of piperazine rings is 1. The van der Waals surface area contributed by atoms with Crippen LogP contribution in [-0.4, -0.2) is 37.1 Å². The zero-order valence-corrected chi connectivity index (χ0v) is 11.2. The van der Waals surface area contributed by atoms with E-state index in [0.717, 1.165) is 37.4 Å². The average molecular weight is 251 g/mol. The summed E-state index contributed by atoms with van der Waals surface area (Å²) in [7, 11) is 0. The molecule has 0 saturated carbocycles. The van der Waals surface area contributed by atoms with Crippen LogP contribution in [0.4, 0.5) is 10.1 Å². The first-order valence-corrected chi connectivity index (χ1v) is 6.63. The van der Waals surface area contributed by atoms with Gasteiger partial charge in [0.25, 0.3) is 0 Å². The van der Waals surface area contributed by atoms with Gasteiger partial charge in [0.2, 0.25) is 0 Å². The van der Waals surface area contributed by atoms with Crippen LogP contribution in [0.25, 0.3) is 0 Å². The number of nitrogens with two attached hydrogens (primary N) is 1. The second kappa shape index (κ2) is 5.67. The van der Waals surface area contributed by atoms with Crippen molar-refractivity contribution in [2.75, 3.05) is 31.1 Å². The van der Waals surface area contributed by atoms with Crippen molar-refractivity contribution >= 4 is 5.69 Å². The van der Waals surface area contributed by atoms with Crippen molar-refractivity contribution in [1.82, 2.24) is 4.90 Å². The Hall–Kier alpha value is -1.13. The summed E-state index contributed by atoms with van der Waals surface area (Å²) in [5.74, 6) is -0.209. The van der Waals surface area contributed by atoms with Gasteiger partial charge in [-0.15, -0.1) is 0 Å². The van der Waals surface area contributed by atoms with Gasteiger partial charge in [0.15, 0.2) is 0 Å². The first-order chi connectivity index (χ1) is 8.65. The third kappa shape index (κ3) is 2.65. The van der Waals surface area contributed by atoms with Crippen molar-refractivity contribution in [3.05, 3.63) is 29.6 Å². The Balaban J connectivity index is 2.17. The molecular weight excluding hydrogens is 229 g/mol. The molecule has 0 radical (unpaired) electrons. The maximum Gasteiger partial charge on any atom is 0.123 e. The number of nitrogens with zero attached hydrogens (tertiary/aromatic N) is 2. The van der Waals surface area contributed by atoms with E-state index in [-0.39, 0.29) is 5.82 Å². The van der Waals surface area contributed by atoms with E-state index in [4.69, 9.17) is 5.73 Å². The van der Waals surface area contributed by atoms with E-state index in [0.29, 0.717) is 12.6 Å². The van der Waals surface area contributed by atoms with Gasteiger partial charge in [-0.25, -0.2) is 4.39 Å². The lowest BCUT2D eigenvalue weighted by Crippen LogP contribution is -2.52. The summed E-state index contributed by atoms with van der Waals surface area (Å²) in [4.78, 5) is 4.78. The van der Waals surface area contributed by atoms with Gasteiger partial charge in [-0.05, 0) is 37.2 Å². The zero-order valence-electron chi connectivity index (χ0n) is 11.2. The Morgan fingerprint density at radius 3 is 2.78 bits per heavy atom. The van der Waals surface area contributed by atoms with Gasteiger partial charge in [0.05, 0.1) is 0 Å². The Bertz CT molecular complexity index is 408. The Morgan fingerprint density at radius 1 is 1.39 bits per heavy atom. The molecule has 0 aromatic heterocycles. The number of anilines is 1. The minimum absolute atomic E-state index is 0.209. The molecule has 0 amide bonds. The third-order valence-electron chi connectivity index (χ3n) is 3.77. The van der Waals surface area contributed by atoms with Gasteiger partial charge in [0, 0.05) is 37.9 Å². The Morgan fingerprint density at radius 2 is 2.17 bits per heavy atom. The summed E-state index contributed by atoms with van der Waals surface area (Å²) in [6, 6.07) is 5.45. The monoisotopic (exact) mass is 251 g/mol. The molecule has 100 valence electrons. The Kier molecular flexibility index (Phi) is 4.19. The van der Waals surface area contributed by atoms with Crippen LogP contribution < -0.4 is 10.6 Å². The molecule has 0 bridgehead atoms. The van der Waals surface area contributed by atoms with E-state index < -0.39 is 0 Å². The molecule has 1 unspecified atom stereocenters. The van der Waals surface area contributed by atoms with Crippen LogP contribution in [0.5, 0.6) is 0 Å².